The molecule has 0 aromatic rings. The lowest BCUT2D eigenvalue weighted by atomic mass is 10.2. The maximum atomic E-state index is 10.7. The Labute approximate surface area is 83.6 Å². The second-order valence-electron chi connectivity index (χ2n) is 2.58. The van der Waals surface area contributed by atoms with Gasteiger partial charge in [-0.25, -0.2) is 0 Å². The van der Waals surface area contributed by atoms with Gasteiger partial charge in [0.15, 0.2) is 6.10 Å². The van der Waals surface area contributed by atoms with Crippen LogP contribution in [0.15, 0.2) is 0 Å². The van der Waals surface area contributed by atoms with Gasteiger partial charge in [-0.2, -0.15) is 0 Å². The highest BCUT2D eigenvalue weighted by Crippen LogP contribution is 1.96. The first kappa shape index (κ1) is 12.5. The van der Waals surface area contributed by atoms with Crippen molar-refractivity contribution in [1.29, 1.82) is 0 Å². The first-order valence-corrected chi connectivity index (χ1v) is 4.32. The van der Waals surface area contributed by atoms with E-state index in [1.807, 2.05) is 6.92 Å². The van der Waals surface area contributed by atoms with Gasteiger partial charge in [-0.3, -0.25) is 9.59 Å². The topological polar surface area (TPSA) is 52.6 Å². The van der Waals surface area contributed by atoms with Crippen molar-refractivity contribution in [2.75, 3.05) is 7.11 Å². The monoisotopic (exact) mass is 198 g/mol. The zero-order valence-corrected chi connectivity index (χ0v) is 8.62. The lowest BCUT2D eigenvalue weighted by molar-refractivity contribution is -0.143. The van der Waals surface area contributed by atoms with Crippen molar-refractivity contribution in [2.45, 2.75) is 32.8 Å². The maximum absolute atomic E-state index is 10.7. The summed E-state index contributed by atoms with van der Waals surface area (Å²) >= 11 is 0. The van der Waals surface area contributed by atoms with Crippen LogP contribution >= 0.6 is 0 Å². The summed E-state index contributed by atoms with van der Waals surface area (Å²) in [5, 5.41) is 0. The molecule has 1 atom stereocenters. The van der Waals surface area contributed by atoms with E-state index in [1.165, 1.54) is 14.0 Å². The normalized spacial score (nSPS) is 10.8. The summed E-state index contributed by atoms with van der Waals surface area (Å²) in [6.45, 7) is 3.17. The minimum absolute atomic E-state index is 0.0221. The molecule has 0 heterocycles. The molecule has 0 radical (unpaired) electrons. The van der Waals surface area contributed by atoms with Gasteiger partial charge in [-0.1, -0.05) is 18.8 Å². The van der Waals surface area contributed by atoms with Crippen molar-refractivity contribution in [3.05, 3.63) is 0 Å². The van der Waals surface area contributed by atoms with E-state index in [4.69, 9.17) is 4.74 Å². The fraction of sp³-hybridized carbons (Fsp3) is 0.600. The van der Waals surface area contributed by atoms with Gasteiger partial charge in [0.05, 0.1) is 7.11 Å². The second-order valence-corrected chi connectivity index (χ2v) is 2.58. The Hall–Kier alpha value is -1.50. The van der Waals surface area contributed by atoms with Crippen molar-refractivity contribution in [3.63, 3.8) is 0 Å². The fourth-order valence-electron chi connectivity index (χ4n) is 0.724. The van der Waals surface area contributed by atoms with Crippen LogP contribution in [0.1, 0.15) is 26.7 Å². The summed E-state index contributed by atoms with van der Waals surface area (Å²) in [5.41, 5.74) is 0. The van der Waals surface area contributed by atoms with E-state index < -0.39 is 12.1 Å². The van der Waals surface area contributed by atoms with E-state index in [0.29, 0.717) is 6.42 Å². The SMILES string of the molecule is CCC(C#CCC(=O)OC)OC(C)=O. The third-order valence-electron chi connectivity index (χ3n) is 1.40. The van der Waals surface area contributed by atoms with Crippen molar-refractivity contribution >= 4 is 11.9 Å². The van der Waals surface area contributed by atoms with Crippen LogP contribution in [0.2, 0.25) is 0 Å². The summed E-state index contributed by atoms with van der Waals surface area (Å²) in [7, 11) is 1.30. The van der Waals surface area contributed by atoms with Gasteiger partial charge in [0.25, 0.3) is 0 Å². The zero-order valence-electron chi connectivity index (χ0n) is 8.62. The van der Waals surface area contributed by atoms with E-state index in [1.54, 1.807) is 0 Å². The largest absolute Gasteiger partial charge is 0.468 e. The molecular formula is C10H14O4. The van der Waals surface area contributed by atoms with Gasteiger partial charge in [0.2, 0.25) is 0 Å². The molecule has 0 saturated heterocycles. The number of hydrogen-bond donors (Lipinski definition) is 0. The average molecular weight is 198 g/mol. The van der Waals surface area contributed by atoms with E-state index in [9.17, 15) is 9.59 Å². The molecule has 0 rings (SSSR count). The maximum Gasteiger partial charge on any atom is 0.317 e. The van der Waals surface area contributed by atoms with Gasteiger partial charge >= 0.3 is 11.9 Å². The highest BCUT2D eigenvalue weighted by Gasteiger charge is 2.04. The molecule has 0 fully saturated rings. The summed E-state index contributed by atoms with van der Waals surface area (Å²) in [6, 6.07) is 0. The van der Waals surface area contributed by atoms with Crippen LogP contribution < -0.4 is 0 Å². The van der Waals surface area contributed by atoms with Gasteiger partial charge < -0.3 is 9.47 Å². The first-order chi connectivity index (χ1) is 6.60. The van der Waals surface area contributed by atoms with Crippen LogP contribution in [0.3, 0.4) is 0 Å². The Morgan fingerprint density at radius 2 is 2.07 bits per heavy atom. The lowest BCUT2D eigenvalue weighted by Gasteiger charge is -2.06. The fourth-order valence-corrected chi connectivity index (χ4v) is 0.724. The van der Waals surface area contributed by atoms with Gasteiger partial charge in [0, 0.05) is 6.92 Å². The Balaban J connectivity index is 4.02. The summed E-state index contributed by atoms with van der Waals surface area (Å²) in [5.74, 6) is 4.50. The van der Waals surface area contributed by atoms with E-state index in [2.05, 4.69) is 16.6 Å². The van der Waals surface area contributed by atoms with Crippen LogP contribution in [-0.2, 0) is 19.1 Å². The lowest BCUT2D eigenvalue weighted by Crippen LogP contribution is -2.12. The number of hydrogen-bond acceptors (Lipinski definition) is 4. The van der Waals surface area contributed by atoms with Gasteiger partial charge in [-0.05, 0) is 6.42 Å². The molecule has 4 nitrogen and oxygen atoms in total. The molecule has 0 N–H and O–H groups in total. The number of carbonyl (C=O) groups is 2. The van der Waals surface area contributed by atoms with E-state index in [-0.39, 0.29) is 12.4 Å². The smallest absolute Gasteiger partial charge is 0.317 e. The summed E-state index contributed by atoms with van der Waals surface area (Å²) in [4.78, 5) is 21.3. The molecule has 1 unspecified atom stereocenters. The molecule has 4 heteroatoms. The molecular weight excluding hydrogens is 184 g/mol. The van der Waals surface area contributed by atoms with Gasteiger partial charge in [-0.15, -0.1) is 0 Å². The minimum atomic E-state index is -0.433. The van der Waals surface area contributed by atoms with Crippen LogP contribution in [0, 0.1) is 11.8 Å². The third kappa shape index (κ3) is 6.06. The number of ether oxygens (including phenoxy) is 2. The van der Waals surface area contributed by atoms with Crippen molar-refractivity contribution in [2.24, 2.45) is 0 Å². The molecule has 0 aromatic carbocycles. The van der Waals surface area contributed by atoms with E-state index >= 15 is 0 Å². The second kappa shape index (κ2) is 6.96. The minimum Gasteiger partial charge on any atom is -0.468 e. The molecule has 0 spiro atoms. The van der Waals surface area contributed by atoms with Crippen LogP contribution in [-0.4, -0.2) is 25.2 Å². The molecule has 78 valence electrons. The van der Waals surface area contributed by atoms with Crippen LogP contribution in [0.4, 0.5) is 0 Å². The van der Waals surface area contributed by atoms with E-state index in [0.717, 1.165) is 0 Å². The highest BCUT2D eigenvalue weighted by atomic mass is 16.5. The third-order valence-corrected chi connectivity index (χ3v) is 1.40. The Morgan fingerprint density at radius 3 is 2.50 bits per heavy atom. The molecule has 0 saturated carbocycles. The van der Waals surface area contributed by atoms with Crippen LogP contribution in [0.25, 0.3) is 0 Å². The zero-order chi connectivity index (χ0) is 11.0. The van der Waals surface area contributed by atoms with Gasteiger partial charge in [0.1, 0.15) is 6.42 Å². The number of rotatable bonds is 3. The summed E-state index contributed by atoms with van der Waals surface area (Å²) < 4.78 is 9.25. The van der Waals surface area contributed by atoms with Crippen molar-refractivity contribution < 1.29 is 19.1 Å². The Morgan fingerprint density at radius 1 is 1.43 bits per heavy atom. The van der Waals surface area contributed by atoms with Crippen molar-refractivity contribution in [1.82, 2.24) is 0 Å². The molecule has 0 aliphatic heterocycles. The predicted octanol–water partition coefficient (Wildman–Crippen LogP) is 0.895. The molecule has 0 aromatic heterocycles. The highest BCUT2D eigenvalue weighted by molar-refractivity contribution is 5.72. The Bertz CT molecular complexity index is 259. The summed E-state index contributed by atoms with van der Waals surface area (Å²) in [6.07, 6.45) is 0.194. The Kier molecular flexibility index (Phi) is 6.21. The molecule has 0 bridgehead atoms. The van der Waals surface area contributed by atoms with Crippen molar-refractivity contribution in [3.8, 4) is 11.8 Å². The predicted molar refractivity (Wildman–Crippen MR) is 50.3 cm³/mol. The molecule has 0 amide bonds. The molecule has 14 heavy (non-hydrogen) atoms. The quantitative estimate of drug-likeness (QED) is 0.499. The average Bonchev–Trinajstić information content (AvgIpc) is 2.15. The first-order valence-electron chi connectivity index (χ1n) is 4.32. The number of carbonyl (C=O) groups excluding carboxylic acids is 2. The molecule has 0 aliphatic carbocycles. The number of methoxy groups -OCH3 is 1. The standard InChI is InChI=1S/C10H14O4/c1-4-9(14-8(2)11)6-5-7-10(12)13-3/h9H,4,7H2,1-3H3. The molecule has 0 aliphatic rings. The number of esters is 2. The van der Waals surface area contributed by atoms with Crippen LogP contribution in [0.5, 0.6) is 0 Å².